The summed E-state index contributed by atoms with van der Waals surface area (Å²) in [6.07, 6.45) is 8.68. The highest BCUT2D eigenvalue weighted by atomic mass is 79.9. The Kier molecular flexibility index (Phi) is 11.4. The quantitative estimate of drug-likeness (QED) is 0.198. The first-order valence-electron chi connectivity index (χ1n) is 9.22. The Hall–Kier alpha value is -0.120. The van der Waals surface area contributed by atoms with Gasteiger partial charge >= 0.3 is 0 Å². The Bertz CT molecular complexity index is 403. The molecule has 0 aromatic rings. The smallest absolute Gasteiger partial charge is 0.157 e. The van der Waals surface area contributed by atoms with Crippen LogP contribution in [0.2, 0.25) is 0 Å². The summed E-state index contributed by atoms with van der Waals surface area (Å²) in [5, 5.41) is 0. The molecule has 0 aliphatic carbocycles. The molecule has 1 unspecified atom stereocenters. The lowest BCUT2D eigenvalue weighted by Crippen LogP contribution is -2.16. The molecule has 0 aromatic heterocycles. The average molecular weight is 403 g/mol. The Morgan fingerprint density at radius 3 is 2.04 bits per heavy atom. The maximum absolute atomic E-state index is 5.75. The number of alkyl halides is 1. The predicted octanol–water partition coefficient (Wildman–Crippen LogP) is 7.04. The van der Waals surface area contributed by atoms with Crippen LogP contribution in [-0.2, 0) is 9.47 Å². The third kappa shape index (κ3) is 13.2. The second-order valence-corrected chi connectivity index (χ2v) is 10.3. The molecule has 142 valence electrons. The van der Waals surface area contributed by atoms with Crippen LogP contribution >= 0.6 is 15.9 Å². The Morgan fingerprint density at radius 1 is 0.958 bits per heavy atom. The summed E-state index contributed by atoms with van der Waals surface area (Å²) in [6, 6.07) is 0. The van der Waals surface area contributed by atoms with Gasteiger partial charge in [-0.25, -0.2) is 0 Å². The fourth-order valence-electron chi connectivity index (χ4n) is 2.85. The van der Waals surface area contributed by atoms with E-state index in [1.165, 1.54) is 11.1 Å². The van der Waals surface area contributed by atoms with Gasteiger partial charge in [-0.3, -0.25) is 0 Å². The highest BCUT2D eigenvalue weighted by molar-refractivity contribution is 9.10. The lowest BCUT2D eigenvalue weighted by Gasteiger charge is -2.25. The molecule has 0 bridgehead atoms. The second-order valence-electron chi connectivity index (χ2n) is 8.17. The Morgan fingerprint density at radius 2 is 1.54 bits per heavy atom. The fraction of sp³-hybridized carbons (Fsp3) is 0.810. The second kappa shape index (κ2) is 11.5. The molecule has 0 aromatic carbocycles. The van der Waals surface area contributed by atoms with Crippen molar-refractivity contribution in [2.45, 2.75) is 91.7 Å². The zero-order valence-electron chi connectivity index (χ0n) is 17.2. The Balaban J connectivity index is 4.41. The van der Waals surface area contributed by atoms with Crippen LogP contribution < -0.4 is 0 Å². The molecule has 0 aliphatic heterocycles. The number of hydrogen-bond donors (Lipinski definition) is 0. The third-order valence-corrected chi connectivity index (χ3v) is 4.14. The largest absolute Gasteiger partial charge is 0.353 e. The van der Waals surface area contributed by atoms with Crippen LogP contribution in [0.3, 0.4) is 0 Å². The first-order valence-corrected chi connectivity index (χ1v) is 10.0. The van der Waals surface area contributed by atoms with Crippen molar-refractivity contribution < 1.29 is 9.47 Å². The molecule has 0 amide bonds. The summed E-state index contributed by atoms with van der Waals surface area (Å²) in [6.45, 7) is 19.0. The molecule has 1 atom stereocenters. The summed E-state index contributed by atoms with van der Waals surface area (Å²) in [7, 11) is 0. The van der Waals surface area contributed by atoms with Gasteiger partial charge in [-0.1, -0.05) is 60.0 Å². The molecule has 0 fully saturated rings. The first-order chi connectivity index (χ1) is 11.0. The summed E-state index contributed by atoms with van der Waals surface area (Å²) in [4.78, 5) is 0. The maximum atomic E-state index is 5.75. The monoisotopic (exact) mass is 402 g/mol. The molecule has 0 saturated carbocycles. The minimum Gasteiger partial charge on any atom is -0.353 e. The lowest BCUT2D eigenvalue weighted by atomic mass is 9.82. The SMILES string of the molecule is CCOC(CC)OC/C=C(\C)CC(C)(C)C/C=C(\C)CC(C)(C)Br. The minimum atomic E-state index is -0.0785. The molecule has 2 nitrogen and oxygen atoms in total. The third-order valence-electron chi connectivity index (χ3n) is 3.86. The average Bonchev–Trinajstić information content (AvgIpc) is 2.42. The van der Waals surface area contributed by atoms with Crippen LogP contribution in [0.5, 0.6) is 0 Å². The van der Waals surface area contributed by atoms with Gasteiger partial charge in [-0.05, 0) is 65.7 Å². The summed E-state index contributed by atoms with van der Waals surface area (Å²) in [5.41, 5.74) is 3.11. The van der Waals surface area contributed by atoms with Crippen molar-refractivity contribution in [3.63, 3.8) is 0 Å². The summed E-state index contributed by atoms with van der Waals surface area (Å²) in [5.74, 6) is 0. The zero-order valence-corrected chi connectivity index (χ0v) is 18.8. The molecule has 0 radical (unpaired) electrons. The van der Waals surface area contributed by atoms with Crippen LogP contribution in [-0.4, -0.2) is 23.8 Å². The highest BCUT2D eigenvalue weighted by Crippen LogP contribution is 2.31. The van der Waals surface area contributed by atoms with Gasteiger partial charge in [-0.15, -0.1) is 0 Å². The van der Waals surface area contributed by atoms with Crippen molar-refractivity contribution in [1.29, 1.82) is 0 Å². The lowest BCUT2D eigenvalue weighted by molar-refractivity contribution is -0.132. The van der Waals surface area contributed by atoms with E-state index in [4.69, 9.17) is 9.47 Å². The molecule has 24 heavy (non-hydrogen) atoms. The van der Waals surface area contributed by atoms with E-state index in [1.54, 1.807) is 0 Å². The number of hydrogen-bond acceptors (Lipinski definition) is 2. The molecule has 0 rings (SSSR count). The number of ether oxygens (including phenoxy) is 2. The topological polar surface area (TPSA) is 18.5 Å². The van der Waals surface area contributed by atoms with E-state index in [-0.39, 0.29) is 16.0 Å². The number of halogens is 1. The minimum absolute atomic E-state index is 0.0785. The normalized spacial score (nSPS) is 15.7. The van der Waals surface area contributed by atoms with Gasteiger partial charge in [0.2, 0.25) is 0 Å². The highest BCUT2D eigenvalue weighted by Gasteiger charge is 2.18. The zero-order chi connectivity index (χ0) is 18.8. The van der Waals surface area contributed by atoms with E-state index in [0.717, 1.165) is 25.7 Å². The van der Waals surface area contributed by atoms with Crippen LogP contribution in [0.1, 0.15) is 81.1 Å². The van der Waals surface area contributed by atoms with Gasteiger partial charge in [-0.2, -0.15) is 0 Å². The van der Waals surface area contributed by atoms with E-state index >= 15 is 0 Å². The fourth-order valence-corrected chi connectivity index (χ4v) is 3.29. The summed E-state index contributed by atoms with van der Waals surface area (Å²) >= 11 is 3.72. The van der Waals surface area contributed by atoms with Crippen LogP contribution in [0.25, 0.3) is 0 Å². The standard InChI is InChI=1S/C21H39BrO2/c1-9-19(23-10-2)24-14-12-18(4)15-20(5,6)13-11-17(3)16-21(7,8)22/h11-12,19H,9-10,13-16H2,1-8H3/b17-11+,18-12+. The van der Waals surface area contributed by atoms with Crippen LogP contribution in [0.4, 0.5) is 0 Å². The van der Waals surface area contributed by atoms with Crippen molar-refractivity contribution in [1.82, 2.24) is 0 Å². The van der Waals surface area contributed by atoms with Crippen LogP contribution in [0, 0.1) is 5.41 Å². The van der Waals surface area contributed by atoms with Crippen molar-refractivity contribution in [3.8, 4) is 0 Å². The summed E-state index contributed by atoms with van der Waals surface area (Å²) < 4.78 is 11.5. The van der Waals surface area contributed by atoms with E-state index in [9.17, 15) is 0 Å². The van der Waals surface area contributed by atoms with Crippen molar-refractivity contribution in [2.24, 2.45) is 5.41 Å². The van der Waals surface area contributed by atoms with Crippen molar-refractivity contribution in [2.75, 3.05) is 13.2 Å². The molecule has 0 aliphatic rings. The molecule has 0 N–H and O–H groups in total. The van der Waals surface area contributed by atoms with E-state index in [2.05, 4.69) is 76.5 Å². The number of allylic oxidation sites excluding steroid dienone is 3. The van der Waals surface area contributed by atoms with Gasteiger partial charge in [0.15, 0.2) is 6.29 Å². The maximum Gasteiger partial charge on any atom is 0.157 e. The number of rotatable bonds is 12. The van der Waals surface area contributed by atoms with Gasteiger partial charge < -0.3 is 9.47 Å². The Labute approximate surface area is 159 Å². The molecular weight excluding hydrogens is 364 g/mol. The van der Waals surface area contributed by atoms with Crippen molar-refractivity contribution >= 4 is 15.9 Å². The predicted molar refractivity (Wildman–Crippen MR) is 110 cm³/mol. The molecular formula is C21H39BrO2. The van der Waals surface area contributed by atoms with Gasteiger partial charge in [0.05, 0.1) is 6.61 Å². The van der Waals surface area contributed by atoms with Crippen LogP contribution in [0.15, 0.2) is 23.3 Å². The van der Waals surface area contributed by atoms with Crippen molar-refractivity contribution in [3.05, 3.63) is 23.3 Å². The van der Waals surface area contributed by atoms with E-state index in [1.807, 2.05) is 6.92 Å². The van der Waals surface area contributed by atoms with Gasteiger partial charge in [0.1, 0.15) is 0 Å². The van der Waals surface area contributed by atoms with E-state index < -0.39 is 0 Å². The van der Waals surface area contributed by atoms with Gasteiger partial charge in [0.25, 0.3) is 0 Å². The first kappa shape index (κ1) is 23.9. The molecule has 3 heteroatoms. The molecule has 0 heterocycles. The molecule has 0 saturated heterocycles. The molecule has 0 spiro atoms. The van der Waals surface area contributed by atoms with Gasteiger partial charge in [0, 0.05) is 10.9 Å². The van der Waals surface area contributed by atoms with E-state index in [0.29, 0.717) is 13.2 Å².